The second-order valence-electron chi connectivity index (χ2n) is 6.77. The Morgan fingerprint density at radius 2 is 1.89 bits per heavy atom. The predicted octanol–water partition coefficient (Wildman–Crippen LogP) is 3.96. The van der Waals surface area contributed by atoms with Crippen molar-refractivity contribution in [3.8, 4) is 5.69 Å². The minimum absolute atomic E-state index is 0.237. The highest BCUT2D eigenvalue weighted by atomic mass is 32.2. The molecule has 27 heavy (non-hydrogen) atoms. The average Bonchev–Trinajstić information content (AvgIpc) is 3.26. The summed E-state index contributed by atoms with van der Waals surface area (Å²) in [4.78, 5) is 1.16. The van der Waals surface area contributed by atoms with Gasteiger partial charge in [0.1, 0.15) is 5.82 Å². The van der Waals surface area contributed by atoms with Crippen LogP contribution >= 0.6 is 11.9 Å². The van der Waals surface area contributed by atoms with Crippen molar-refractivity contribution >= 4 is 22.9 Å². The summed E-state index contributed by atoms with van der Waals surface area (Å²) in [5.41, 5.74) is 4.63. The number of nitrogens with zero attached hydrogens (tertiary/aromatic N) is 5. The SMILES string of the molecule is Cn1cc(SN2CCc3cc4c(cnn4-c4ccc(F)cc4)cc3C2)cn1. The lowest BCUT2D eigenvalue weighted by Gasteiger charge is -2.27. The zero-order chi connectivity index (χ0) is 18.4. The average molecular weight is 379 g/mol. The molecule has 0 fully saturated rings. The molecule has 7 heteroatoms. The molecule has 0 saturated heterocycles. The number of benzene rings is 2. The van der Waals surface area contributed by atoms with Gasteiger partial charge in [-0.25, -0.2) is 13.4 Å². The van der Waals surface area contributed by atoms with Crippen LogP contribution < -0.4 is 0 Å². The van der Waals surface area contributed by atoms with Crippen LogP contribution in [0.4, 0.5) is 4.39 Å². The summed E-state index contributed by atoms with van der Waals surface area (Å²) in [6.07, 6.45) is 6.81. The van der Waals surface area contributed by atoms with Crippen molar-refractivity contribution in [2.24, 2.45) is 7.05 Å². The second-order valence-corrected chi connectivity index (χ2v) is 7.94. The second kappa shape index (κ2) is 6.51. The Hall–Kier alpha value is -2.64. The summed E-state index contributed by atoms with van der Waals surface area (Å²) in [6, 6.07) is 10.9. The number of fused-ring (bicyclic) bond motifs is 2. The molecule has 3 heterocycles. The lowest BCUT2D eigenvalue weighted by molar-refractivity contribution is 0.445. The van der Waals surface area contributed by atoms with E-state index in [0.717, 1.165) is 41.0 Å². The summed E-state index contributed by atoms with van der Waals surface area (Å²) in [5.74, 6) is -0.237. The van der Waals surface area contributed by atoms with E-state index in [1.807, 2.05) is 35.0 Å². The third-order valence-electron chi connectivity index (χ3n) is 4.85. The van der Waals surface area contributed by atoms with Crippen molar-refractivity contribution in [3.63, 3.8) is 0 Å². The van der Waals surface area contributed by atoms with Crippen LogP contribution in [0.5, 0.6) is 0 Å². The van der Waals surface area contributed by atoms with Gasteiger partial charge in [-0.05, 0) is 65.9 Å². The number of halogens is 1. The Labute approximate surface area is 160 Å². The fourth-order valence-corrected chi connectivity index (χ4v) is 4.50. The van der Waals surface area contributed by atoms with Gasteiger partial charge in [0.2, 0.25) is 0 Å². The summed E-state index contributed by atoms with van der Waals surface area (Å²) in [5, 5.41) is 9.86. The molecule has 2 aromatic heterocycles. The van der Waals surface area contributed by atoms with Crippen molar-refractivity contribution in [1.82, 2.24) is 23.9 Å². The highest BCUT2D eigenvalue weighted by Crippen LogP contribution is 2.31. The van der Waals surface area contributed by atoms with Crippen LogP contribution in [-0.4, -0.2) is 30.4 Å². The molecule has 2 aromatic carbocycles. The van der Waals surface area contributed by atoms with Gasteiger partial charge in [-0.15, -0.1) is 0 Å². The van der Waals surface area contributed by atoms with Gasteiger partial charge in [0.25, 0.3) is 0 Å². The number of aryl methyl sites for hydroxylation is 1. The van der Waals surface area contributed by atoms with E-state index < -0.39 is 0 Å². The molecule has 0 N–H and O–H groups in total. The molecule has 0 amide bonds. The van der Waals surface area contributed by atoms with Crippen LogP contribution in [0.2, 0.25) is 0 Å². The molecule has 0 atom stereocenters. The van der Waals surface area contributed by atoms with Crippen molar-refractivity contribution in [2.75, 3.05) is 6.54 Å². The summed E-state index contributed by atoms with van der Waals surface area (Å²) in [6.45, 7) is 1.88. The molecule has 1 aliphatic heterocycles. The first-order valence-corrected chi connectivity index (χ1v) is 9.60. The van der Waals surface area contributed by atoms with E-state index in [1.54, 1.807) is 24.1 Å². The predicted molar refractivity (Wildman–Crippen MR) is 104 cm³/mol. The topological polar surface area (TPSA) is 38.9 Å². The molecular formula is C20H18FN5S. The van der Waals surface area contributed by atoms with Crippen molar-refractivity contribution < 1.29 is 4.39 Å². The number of hydrogen-bond acceptors (Lipinski definition) is 4. The van der Waals surface area contributed by atoms with E-state index in [1.165, 1.54) is 23.3 Å². The molecule has 5 nitrogen and oxygen atoms in total. The van der Waals surface area contributed by atoms with Crippen molar-refractivity contribution in [3.05, 3.63) is 71.9 Å². The molecular weight excluding hydrogens is 361 g/mol. The highest BCUT2D eigenvalue weighted by molar-refractivity contribution is 7.97. The van der Waals surface area contributed by atoms with E-state index in [4.69, 9.17) is 0 Å². The van der Waals surface area contributed by atoms with Crippen LogP contribution in [-0.2, 0) is 20.0 Å². The lowest BCUT2D eigenvalue weighted by Crippen LogP contribution is -2.24. The number of aromatic nitrogens is 4. The monoisotopic (exact) mass is 379 g/mol. The van der Waals surface area contributed by atoms with Gasteiger partial charge in [-0.2, -0.15) is 10.2 Å². The lowest BCUT2D eigenvalue weighted by atomic mass is 9.99. The van der Waals surface area contributed by atoms with E-state index in [-0.39, 0.29) is 5.82 Å². The fraction of sp³-hybridized carbons (Fsp3) is 0.200. The molecule has 0 spiro atoms. The van der Waals surface area contributed by atoms with Crippen LogP contribution in [0.1, 0.15) is 11.1 Å². The van der Waals surface area contributed by atoms with Gasteiger partial charge in [0.05, 0.1) is 28.5 Å². The third kappa shape index (κ3) is 3.13. The molecule has 136 valence electrons. The standard InChI is InChI=1S/C20H18FN5S/c1-24-13-19(11-22-24)27-25-7-6-14-9-20-15(8-16(14)12-25)10-23-26(20)18-4-2-17(21)3-5-18/h2-5,8-11,13H,6-7,12H2,1H3. The van der Waals surface area contributed by atoms with E-state index in [2.05, 4.69) is 26.6 Å². The first kappa shape index (κ1) is 16.5. The first-order valence-electron chi connectivity index (χ1n) is 8.83. The van der Waals surface area contributed by atoms with Crippen LogP contribution in [0.15, 0.2) is 59.9 Å². The maximum atomic E-state index is 13.2. The Bertz CT molecular complexity index is 1120. The molecule has 0 unspecified atom stereocenters. The molecule has 0 radical (unpaired) electrons. The van der Waals surface area contributed by atoms with Crippen LogP contribution in [0, 0.1) is 5.82 Å². The summed E-state index contributed by atoms with van der Waals surface area (Å²) in [7, 11) is 1.94. The normalized spacial score (nSPS) is 14.6. The quantitative estimate of drug-likeness (QED) is 0.505. The maximum absolute atomic E-state index is 13.2. The smallest absolute Gasteiger partial charge is 0.123 e. The fourth-order valence-electron chi connectivity index (χ4n) is 3.52. The van der Waals surface area contributed by atoms with Gasteiger partial charge in [0.15, 0.2) is 0 Å². The first-order chi connectivity index (χ1) is 13.2. The van der Waals surface area contributed by atoms with Gasteiger partial charge in [0, 0.05) is 31.7 Å². The minimum Gasteiger partial charge on any atom is -0.275 e. The van der Waals surface area contributed by atoms with Gasteiger partial charge < -0.3 is 0 Å². The highest BCUT2D eigenvalue weighted by Gasteiger charge is 2.19. The Morgan fingerprint density at radius 3 is 2.67 bits per heavy atom. The Kier molecular flexibility index (Phi) is 3.98. The van der Waals surface area contributed by atoms with E-state index in [9.17, 15) is 4.39 Å². The molecule has 0 aliphatic carbocycles. The number of hydrogen-bond donors (Lipinski definition) is 0. The third-order valence-corrected chi connectivity index (χ3v) is 5.85. The zero-order valence-corrected chi connectivity index (χ0v) is 15.7. The van der Waals surface area contributed by atoms with Gasteiger partial charge >= 0.3 is 0 Å². The zero-order valence-electron chi connectivity index (χ0n) is 14.8. The summed E-state index contributed by atoms with van der Waals surface area (Å²) < 4.78 is 19.3. The largest absolute Gasteiger partial charge is 0.275 e. The van der Waals surface area contributed by atoms with E-state index in [0.29, 0.717) is 0 Å². The Morgan fingerprint density at radius 1 is 1.04 bits per heavy atom. The molecule has 4 aromatic rings. The van der Waals surface area contributed by atoms with Crippen LogP contribution in [0.25, 0.3) is 16.6 Å². The van der Waals surface area contributed by atoms with Crippen molar-refractivity contribution in [1.29, 1.82) is 0 Å². The van der Waals surface area contributed by atoms with E-state index >= 15 is 0 Å². The molecule has 0 bridgehead atoms. The van der Waals surface area contributed by atoms with Gasteiger partial charge in [-0.1, -0.05) is 0 Å². The van der Waals surface area contributed by atoms with Crippen molar-refractivity contribution in [2.45, 2.75) is 17.9 Å². The summed E-state index contributed by atoms with van der Waals surface area (Å²) >= 11 is 1.75. The minimum atomic E-state index is -0.237. The maximum Gasteiger partial charge on any atom is 0.123 e. The van der Waals surface area contributed by atoms with Gasteiger partial charge in [-0.3, -0.25) is 4.68 Å². The molecule has 5 rings (SSSR count). The number of rotatable bonds is 3. The van der Waals surface area contributed by atoms with Crippen LogP contribution in [0.3, 0.4) is 0 Å². The molecule has 1 aliphatic rings. The molecule has 0 saturated carbocycles. The Balaban J connectivity index is 1.45.